The van der Waals surface area contributed by atoms with Crippen molar-refractivity contribution in [3.05, 3.63) is 47.5 Å². The highest BCUT2D eigenvalue weighted by Gasteiger charge is 2.49. The Kier molecular flexibility index (Phi) is 3.03. The molecule has 6 N–H and O–H groups in total. The quantitative estimate of drug-likeness (QED) is 0.354. The Morgan fingerprint density at radius 2 is 1.22 bits per heavy atom. The molecular weight excluding hydrogens is 304 g/mol. The van der Waals surface area contributed by atoms with Crippen molar-refractivity contribution in [1.82, 2.24) is 10.6 Å². The lowest BCUT2D eigenvalue weighted by atomic mass is 9.82. The lowest BCUT2D eigenvalue weighted by molar-refractivity contribution is -0.122. The molecule has 0 saturated carbocycles. The van der Waals surface area contributed by atoms with E-state index >= 15 is 0 Å². The largest absolute Gasteiger partial charge is 0.504 e. The zero-order valence-electron chi connectivity index (χ0n) is 11.6. The third-order valence-corrected chi connectivity index (χ3v) is 3.69. The Labute approximate surface area is 129 Å². The maximum absolute atomic E-state index is 12.4. The van der Waals surface area contributed by atoms with Crippen molar-refractivity contribution in [2.24, 2.45) is 0 Å². The van der Waals surface area contributed by atoms with Gasteiger partial charge >= 0.3 is 6.03 Å². The van der Waals surface area contributed by atoms with Gasteiger partial charge in [0.25, 0.3) is 5.91 Å². The first kappa shape index (κ1) is 14.5. The Hall–Kier alpha value is -3.42. The molecule has 1 fully saturated rings. The van der Waals surface area contributed by atoms with Crippen molar-refractivity contribution in [3.8, 4) is 23.0 Å². The summed E-state index contributed by atoms with van der Waals surface area (Å²) in [6.45, 7) is 0. The summed E-state index contributed by atoms with van der Waals surface area (Å²) in [6.07, 6.45) is 0. The standard InChI is InChI=1S/C15H12N2O6/c18-9-3-1-7(5-11(9)20)15(13(22)16-14(23)17-15)8-2-4-10(19)12(21)6-8/h1-6,18-21H,(H2,16,17,22,23). The van der Waals surface area contributed by atoms with Crippen LogP contribution in [0.2, 0.25) is 0 Å². The third kappa shape index (κ3) is 2.08. The molecular formula is C15H12N2O6. The van der Waals surface area contributed by atoms with Gasteiger partial charge in [-0.3, -0.25) is 10.1 Å². The smallest absolute Gasteiger partial charge is 0.322 e. The van der Waals surface area contributed by atoms with Gasteiger partial charge in [0, 0.05) is 0 Å². The molecule has 3 amide bonds. The lowest BCUT2D eigenvalue weighted by Gasteiger charge is -2.27. The lowest BCUT2D eigenvalue weighted by Crippen LogP contribution is -2.44. The third-order valence-electron chi connectivity index (χ3n) is 3.69. The molecule has 8 nitrogen and oxygen atoms in total. The zero-order valence-corrected chi connectivity index (χ0v) is 11.6. The predicted octanol–water partition coefficient (Wildman–Crippen LogP) is 0.592. The number of urea groups is 1. The van der Waals surface area contributed by atoms with Crippen LogP contribution in [0.5, 0.6) is 23.0 Å². The maximum Gasteiger partial charge on any atom is 0.322 e. The summed E-state index contributed by atoms with van der Waals surface area (Å²) in [5, 5.41) is 42.8. The number of aromatic hydroxyl groups is 4. The molecule has 0 aliphatic carbocycles. The van der Waals surface area contributed by atoms with E-state index in [9.17, 15) is 30.0 Å². The highest BCUT2D eigenvalue weighted by Crippen LogP contribution is 2.39. The normalized spacial score (nSPS) is 16.0. The second-order valence-electron chi connectivity index (χ2n) is 5.07. The molecule has 3 rings (SSSR count). The first-order chi connectivity index (χ1) is 10.8. The van der Waals surface area contributed by atoms with Crippen molar-refractivity contribution in [2.75, 3.05) is 0 Å². The molecule has 118 valence electrons. The van der Waals surface area contributed by atoms with Crippen LogP contribution in [0.1, 0.15) is 11.1 Å². The van der Waals surface area contributed by atoms with Crippen molar-refractivity contribution < 1.29 is 30.0 Å². The summed E-state index contributed by atoms with van der Waals surface area (Å²) < 4.78 is 0. The van der Waals surface area contributed by atoms with Gasteiger partial charge in [-0.1, -0.05) is 12.1 Å². The van der Waals surface area contributed by atoms with E-state index in [-0.39, 0.29) is 22.6 Å². The van der Waals surface area contributed by atoms with E-state index in [1.54, 1.807) is 0 Å². The number of phenols is 4. The Morgan fingerprint density at radius 1 is 0.739 bits per heavy atom. The van der Waals surface area contributed by atoms with E-state index in [4.69, 9.17) is 0 Å². The summed E-state index contributed by atoms with van der Waals surface area (Å²) in [7, 11) is 0. The molecule has 2 aromatic rings. The summed E-state index contributed by atoms with van der Waals surface area (Å²) >= 11 is 0. The van der Waals surface area contributed by atoms with Gasteiger partial charge in [0.2, 0.25) is 0 Å². The fourth-order valence-corrected chi connectivity index (χ4v) is 2.54. The molecule has 0 bridgehead atoms. The fraction of sp³-hybridized carbons (Fsp3) is 0.0667. The van der Waals surface area contributed by atoms with Crippen LogP contribution in [-0.4, -0.2) is 32.4 Å². The second kappa shape index (κ2) is 4.80. The van der Waals surface area contributed by atoms with Gasteiger partial charge in [-0.2, -0.15) is 0 Å². The van der Waals surface area contributed by atoms with Crippen LogP contribution in [0.15, 0.2) is 36.4 Å². The molecule has 1 aliphatic heterocycles. The van der Waals surface area contributed by atoms with Crippen molar-refractivity contribution in [1.29, 1.82) is 0 Å². The molecule has 0 radical (unpaired) electrons. The number of benzene rings is 2. The summed E-state index contributed by atoms with van der Waals surface area (Å²) in [6, 6.07) is 6.55. The molecule has 0 unspecified atom stereocenters. The number of rotatable bonds is 2. The van der Waals surface area contributed by atoms with Crippen LogP contribution in [0, 0.1) is 0 Å². The maximum atomic E-state index is 12.4. The molecule has 1 saturated heterocycles. The minimum atomic E-state index is -1.71. The first-order valence-electron chi connectivity index (χ1n) is 6.53. The van der Waals surface area contributed by atoms with Crippen molar-refractivity contribution in [3.63, 3.8) is 0 Å². The Bertz CT molecular complexity index is 781. The summed E-state index contributed by atoms with van der Waals surface area (Å²) in [5.41, 5.74) is -1.38. The molecule has 23 heavy (non-hydrogen) atoms. The van der Waals surface area contributed by atoms with Crippen LogP contribution in [-0.2, 0) is 10.3 Å². The highest BCUT2D eigenvalue weighted by atomic mass is 16.3. The summed E-state index contributed by atoms with van der Waals surface area (Å²) in [5.74, 6) is -2.44. The van der Waals surface area contributed by atoms with Crippen LogP contribution in [0.3, 0.4) is 0 Å². The average molecular weight is 316 g/mol. The van der Waals surface area contributed by atoms with Gasteiger partial charge in [-0.05, 0) is 35.4 Å². The number of hydrogen-bond acceptors (Lipinski definition) is 6. The topological polar surface area (TPSA) is 139 Å². The number of carbonyl (C=O) groups excluding carboxylic acids is 2. The molecule has 0 atom stereocenters. The van der Waals surface area contributed by atoms with Crippen molar-refractivity contribution in [2.45, 2.75) is 5.54 Å². The van der Waals surface area contributed by atoms with Gasteiger partial charge in [0.15, 0.2) is 28.5 Å². The minimum absolute atomic E-state index is 0.168. The summed E-state index contributed by atoms with van der Waals surface area (Å²) in [4.78, 5) is 24.1. The number of nitrogens with one attached hydrogen (secondary N) is 2. The molecule has 2 aromatic carbocycles. The van der Waals surface area contributed by atoms with Crippen molar-refractivity contribution >= 4 is 11.9 Å². The molecule has 0 aromatic heterocycles. The SMILES string of the molecule is O=C1NC(=O)C(c2ccc(O)c(O)c2)(c2ccc(O)c(O)c2)N1. The number of phenolic OH excluding ortho intramolecular Hbond substituents is 4. The molecule has 0 spiro atoms. The van der Waals surface area contributed by atoms with Gasteiger partial charge in [0.05, 0.1) is 0 Å². The fourth-order valence-electron chi connectivity index (χ4n) is 2.54. The van der Waals surface area contributed by atoms with Crippen LogP contribution in [0.25, 0.3) is 0 Å². The van der Waals surface area contributed by atoms with Gasteiger partial charge in [-0.25, -0.2) is 4.79 Å². The van der Waals surface area contributed by atoms with Gasteiger partial charge in [0.1, 0.15) is 0 Å². The zero-order chi connectivity index (χ0) is 16.8. The predicted molar refractivity (Wildman–Crippen MR) is 77.0 cm³/mol. The first-order valence-corrected chi connectivity index (χ1v) is 6.53. The van der Waals surface area contributed by atoms with E-state index in [0.29, 0.717) is 0 Å². The second-order valence-corrected chi connectivity index (χ2v) is 5.07. The number of imide groups is 1. The highest BCUT2D eigenvalue weighted by molar-refractivity contribution is 6.09. The molecule has 1 aliphatic rings. The Morgan fingerprint density at radius 3 is 1.57 bits per heavy atom. The molecule has 1 heterocycles. The van der Waals surface area contributed by atoms with Crippen LogP contribution < -0.4 is 10.6 Å². The minimum Gasteiger partial charge on any atom is -0.504 e. The molecule has 8 heteroatoms. The number of amides is 3. The van der Waals surface area contributed by atoms with E-state index in [0.717, 1.165) is 12.1 Å². The Balaban J connectivity index is 2.26. The number of hydrogen-bond donors (Lipinski definition) is 6. The monoisotopic (exact) mass is 316 g/mol. The van der Waals surface area contributed by atoms with Crippen LogP contribution in [0.4, 0.5) is 4.79 Å². The van der Waals surface area contributed by atoms with E-state index in [1.807, 2.05) is 0 Å². The van der Waals surface area contributed by atoms with E-state index in [2.05, 4.69) is 10.6 Å². The van der Waals surface area contributed by atoms with Gasteiger partial charge in [-0.15, -0.1) is 0 Å². The van der Waals surface area contributed by atoms with Crippen LogP contribution >= 0.6 is 0 Å². The number of carbonyl (C=O) groups is 2. The van der Waals surface area contributed by atoms with E-state index < -0.39 is 29.0 Å². The van der Waals surface area contributed by atoms with Gasteiger partial charge < -0.3 is 25.7 Å². The van der Waals surface area contributed by atoms with E-state index in [1.165, 1.54) is 24.3 Å². The average Bonchev–Trinajstić information content (AvgIpc) is 2.80.